The van der Waals surface area contributed by atoms with Gasteiger partial charge in [-0.2, -0.15) is 0 Å². The zero-order valence-electron chi connectivity index (χ0n) is 12.2. The van der Waals surface area contributed by atoms with Crippen molar-refractivity contribution < 1.29 is 4.79 Å². The summed E-state index contributed by atoms with van der Waals surface area (Å²) in [6.45, 7) is 5.24. The lowest BCUT2D eigenvalue weighted by atomic mass is 10.2. The van der Waals surface area contributed by atoms with E-state index < -0.39 is 0 Å². The normalized spacial score (nSPS) is 10.5. The van der Waals surface area contributed by atoms with E-state index in [0.717, 1.165) is 17.9 Å². The molecule has 0 spiro atoms. The summed E-state index contributed by atoms with van der Waals surface area (Å²) >= 11 is 5.88. The van der Waals surface area contributed by atoms with Gasteiger partial charge < -0.3 is 10.6 Å². The maximum absolute atomic E-state index is 12.1. The predicted octanol–water partition coefficient (Wildman–Crippen LogP) is 4.66. The lowest BCUT2D eigenvalue weighted by Gasteiger charge is -2.10. The van der Waals surface area contributed by atoms with Gasteiger partial charge in [0.2, 0.25) is 0 Å². The highest BCUT2D eigenvalue weighted by Gasteiger charge is 2.06. The zero-order chi connectivity index (χ0) is 15.2. The third-order valence-corrected chi connectivity index (χ3v) is 3.18. The fourth-order valence-electron chi connectivity index (χ4n) is 1.83. The molecule has 3 nitrogen and oxygen atoms in total. The number of amides is 1. The Hall–Kier alpha value is -2.00. The molecule has 0 bridgehead atoms. The number of nitrogens with one attached hydrogen (secondary N) is 2. The zero-order valence-corrected chi connectivity index (χ0v) is 12.9. The molecular formula is C17H19ClN2O. The lowest BCUT2D eigenvalue weighted by molar-refractivity contribution is 0.102. The molecule has 110 valence electrons. The maximum Gasteiger partial charge on any atom is 0.255 e. The second-order valence-corrected chi connectivity index (χ2v) is 5.75. The fraction of sp³-hybridized carbons (Fsp3) is 0.235. The number of carbonyl (C=O) groups excluding carboxylic acids is 1. The first-order chi connectivity index (χ1) is 10.0. The van der Waals surface area contributed by atoms with E-state index in [4.69, 9.17) is 11.6 Å². The molecule has 2 rings (SSSR count). The molecule has 0 atom stereocenters. The van der Waals surface area contributed by atoms with Crippen LogP contribution in [-0.2, 0) is 0 Å². The van der Waals surface area contributed by atoms with Crippen LogP contribution in [0.4, 0.5) is 11.4 Å². The molecule has 1 amide bonds. The van der Waals surface area contributed by atoms with Crippen LogP contribution in [0, 0.1) is 5.92 Å². The van der Waals surface area contributed by atoms with Crippen molar-refractivity contribution in [2.45, 2.75) is 13.8 Å². The van der Waals surface area contributed by atoms with Gasteiger partial charge in [-0.25, -0.2) is 0 Å². The van der Waals surface area contributed by atoms with Gasteiger partial charge in [-0.05, 0) is 48.4 Å². The van der Waals surface area contributed by atoms with Crippen LogP contribution >= 0.6 is 11.6 Å². The van der Waals surface area contributed by atoms with E-state index in [1.165, 1.54) is 0 Å². The molecule has 0 fully saturated rings. The molecular weight excluding hydrogens is 284 g/mol. The molecule has 0 saturated carbocycles. The van der Waals surface area contributed by atoms with Gasteiger partial charge in [0.05, 0.1) is 0 Å². The van der Waals surface area contributed by atoms with Crippen molar-refractivity contribution in [3.05, 3.63) is 59.1 Å². The van der Waals surface area contributed by atoms with Crippen LogP contribution in [0.15, 0.2) is 48.5 Å². The van der Waals surface area contributed by atoms with E-state index in [9.17, 15) is 4.79 Å². The van der Waals surface area contributed by atoms with Gasteiger partial charge in [0, 0.05) is 28.5 Å². The van der Waals surface area contributed by atoms with Gasteiger partial charge >= 0.3 is 0 Å². The van der Waals surface area contributed by atoms with E-state index in [1.54, 1.807) is 24.3 Å². The Morgan fingerprint density at radius 1 is 1.10 bits per heavy atom. The topological polar surface area (TPSA) is 41.1 Å². The van der Waals surface area contributed by atoms with Gasteiger partial charge in [-0.3, -0.25) is 4.79 Å². The summed E-state index contributed by atoms with van der Waals surface area (Å²) in [5.41, 5.74) is 2.35. The van der Waals surface area contributed by atoms with Crippen LogP contribution in [0.1, 0.15) is 24.2 Å². The van der Waals surface area contributed by atoms with Crippen LogP contribution in [0.3, 0.4) is 0 Å². The summed E-state index contributed by atoms with van der Waals surface area (Å²) in [5, 5.41) is 6.74. The second-order valence-electron chi connectivity index (χ2n) is 5.32. The Labute approximate surface area is 130 Å². The van der Waals surface area contributed by atoms with Gasteiger partial charge in [0.25, 0.3) is 5.91 Å². The second kappa shape index (κ2) is 7.14. The van der Waals surface area contributed by atoms with Crippen molar-refractivity contribution in [2.24, 2.45) is 5.92 Å². The molecule has 0 aliphatic rings. The molecule has 0 unspecified atom stereocenters. The first-order valence-electron chi connectivity index (χ1n) is 6.95. The monoisotopic (exact) mass is 302 g/mol. The summed E-state index contributed by atoms with van der Waals surface area (Å²) in [6, 6.07) is 14.6. The molecule has 0 aliphatic carbocycles. The van der Waals surface area contributed by atoms with Crippen LogP contribution in [0.5, 0.6) is 0 Å². The minimum Gasteiger partial charge on any atom is -0.385 e. The van der Waals surface area contributed by atoms with Crippen LogP contribution in [0.2, 0.25) is 5.02 Å². The molecule has 2 N–H and O–H groups in total. The van der Waals surface area contributed by atoms with E-state index in [-0.39, 0.29) is 5.91 Å². The molecule has 4 heteroatoms. The number of anilines is 2. The number of halogens is 1. The van der Waals surface area contributed by atoms with Gasteiger partial charge in [0.1, 0.15) is 0 Å². The lowest BCUT2D eigenvalue weighted by Crippen LogP contribution is -2.12. The Morgan fingerprint density at radius 2 is 1.76 bits per heavy atom. The van der Waals surface area contributed by atoms with Crippen LogP contribution < -0.4 is 10.6 Å². The first-order valence-corrected chi connectivity index (χ1v) is 7.33. The molecule has 0 aliphatic heterocycles. The quantitative estimate of drug-likeness (QED) is 0.843. The highest BCUT2D eigenvalue weighted by Crippen LogP contribution is 2.16. The maximum atomic E-state index is 12.1. The SMILES string of the molecule is CC(C)CNc1ccc(NC(=O)c2cccc(Cl)c2)cc1. The van der Waals surface area contributed by atoms with Crippen molar-refractivity contribution >= 4 is 28.9 Å². The van der Waals surface area contributed by atoms with E-state index in [0.29, 0.717) is 16.5 Å². The number of hydrogen-bond acceptors (Lipinski definition) is 2. The Bertz CT molecular complexity index is 608. The van der Waals surface area contributed by atoms with Gasteiger partial charge in [-0.1, -0.05) is 31.5 Å². The van der Waals surface area contributed by atoms with Gasteiger partial charge in [0.15, 0.2) is 0 Å². The third-order valence-electron chi connectivity index (χ3n) is 2.94. The predicted molar refractivity (Wildman–Crippen MR) is 89.2 cm³/mol. The van der Waals surface area contributed by atoms with Crippen molar-refractivity contribution in [3.63, 3.8) is 0 Å². The van der Waals surface area contributed by atoms with Crippen molar-refractivity contribution in [2.75, 3.05) is 17.2 Å². The van der Waals surface area contributed by atoms with Crippen molar-refractivity contribution in [1.29, 1.82) is 0 Å². The van der Waals surface area contributed by atoms with Gasteiger partial charge in [-0.15, -0.1) is 0 Å². The number of hydrogen-bond donors (Lipinski definition) is 2. The Morgan fingerprint density at radius 3 is 2.38 bits per heavy atom. The molecule has 0 saturated heterocycles. The first kappa shape index (κ1) is 15.4. The summed E-state index contributed by atoms with van der Waals surface area (Å²) in [5.74, 6) is 0.424. The third kappa shape index (κ3) is 4.80. The summed E-state index contributed by atoms with van der Waals surface area (Å²) in [6.07, 6.45) is 0. The Kier molecular flexibility index (Phi) is 5.23. The fourth-order valence-corrected chi connectivity index (χ4v) is 2.02. The average molecular weight is 303 g/mol. The average Bonchev–Trinajstić information content (AvgIpc) is 2.46. The van der Waals surface area contributed by atoms with Crippen molar-refractivity contribution in [1.82, 2.24) is 0 Å². The van der Waals surface area contributed by atoms with E-state index >= 15 is 0 Å². The summed E-state index contributed by atoms with van der Waals surface area (Å²) in [7, 11) is 0. The van der Waals surface area contributed by atoms with E-state index in [1.807, 2.05) is 24.3 Å². The molecule has 2 aromatic rings. The van der Waals surface area contributed by atoms with Crippen LogP contribution in [-0.4, -0.2) is 12.5 Å². The highest BCUT2D eigenvalue weighted by atomic mass is 35.5. The smallest absolute Gasteiger partial charge is 0.255 e. The number of rotatable bonds is 5. The molecule has 0 radical (unpaired) electrons. The summed E-state index contributed by atoms with van der Waals surface area (Å²) in [4.78, 5) is 12.1. The standard InChI is InChI=1S/C17H19ClN2O/c1-12(2)11-19-15-6-8-16(9-7-15)20-17(21)13-4-3-5-14(18)10-13/h3-10,12,19H,11H2,1-2H3,(H,20,21). The van der Waals surface area contributed by atoms with Crippen molar-refractivity contribution in [3.8, 4) is 0 Å². The summed E-state index contributed by atoms with van der Waals surface area (Å²) < 4.78 is 0. The highest BCUT2D eigenvalue weighted by molar-refractivity contribution is 6.31. The number of carbonyl (C=O) groups is 1. The number of benzene rings is 2. The minimum absolute atomic E-state index is 0.166. The van der Waals surface area contributed by atoms with Crippen LogP contribution in [0.25, 0.3) is 0 Å². The molecule has 2 aromatic carbocycles. The van der Waals surface area contributed by atoms with E-state index in [2.05, 4.69) is 24.5 Å². The molecule has 21 heavy (non-hydrogen) atoms. The molecule has 0 heterocycles. The Balaban J connectivity index is 1.98. The molecule has 0 aromatic heterocycles. The minimum atomic E-state index is -0.166. The largest absolute Gasteiger partial charge is 0.385 e.